The average Bonchev–Trinajstić information content (AvgIpc) is 3.36. The predicted octanol–water partition coefficient (Wildman–Crippen LogP) is 3.84. The predicted molar refractivity (Wildman–Crippen MR) is 114 cm³/mol. The number of H-pyrrole nitrogens is 1. The molecule has 9 heteroatoms. The molecule has 1 aromatic carbocycles. The second-order valence-corrected chi connectivity index (χ2v) is 7.75. The van der Waals surface area contributed by atoms with Crippen LogP contribution in [0.15, 0.2) is 36.7 Å². The molecule has 0 bridgehead atoms. The van der Waals surface area contributed by atoms with Gasteiger partial charge in [0.2, 0.25) is 5.82 Å². The lowest BCUT2D eigenvalue weighted by Crippen LogP contribution is -2.08. The van der Waals surface area contributed by atoms with Crippen LogP contribution in [-0.4, -0.2) is 38.7 Å². The average molecular weight is 426 g/mol. The fourth-order valence-electron chi connectivity index (χ4n) is 2.72. The standard InChI is InChI=1S/C20H16ClN5O2S/c1-28-15-10-12(2-5-14(15)27)8-9-22-19-18-20(24-11-23-18)26-17(25-19)7-4-13-3-6-16(21)29-13/h2-3,5-6,10-11,27H,8-9H2,1H3,(H2,22,23,24,25,26). The molecule has 7 nitrogen and oxygen atoms in total. The maximum Gasteiger partial charge on any atom is 0.209 e. The van der Waals surface area contributed by atoms with Crippen molar-refractivity contribution in [3.05, 3.63) is 57.3 Å². The monoisotopic (exact) mass is 425 g/mol. The van der Waals surface area contributed by atoms with E-state index in [9.17, 15) is 5.11 Å². The zero-order valence-corrected chi connectivity index (χ0v) is 16.9. The van der Waals surface area contributed by atoms with Crippen LogP contribution in [0.5, 0.6) is 11.5 Å². The lowest BCUT2D eigenvalue weighted by atomic mass is 10.1. The first kappa shape index (κ1) is 19.1. The van der Waals surface area contributed by atoms with Crippen LogP contribution in [0.25, 0.3) is 11.2 Å². The highest BCUT2D eigenvalue weighted by Gasteiger charge is 2.09. The molecule has 0 atom stereocenters. The number of fused-ring (bicyclic) bond motifs is 1. The fraction of sp³-hybridized carbons (Fsp3) is 0.150. The number of imidazole rings is 1. The van der Waals surface area contributed by atoms with E-state index in [1.807, 2.05) is 18.2 Å². The Morgan fingerprint density at radius 3 is 2.93 bits per heavy atom. The smallest absolute Gasteiger partial charge is 0.209 e. The van der Waals surface area contributed by atoms with E-state index in [0.717, 1.165) is 16.0 Å². The molecule has 0 aliphatic heterocycles. The topological polar surface area (TPSA) is 96.0 Å². The summed E-state index contributed by atoms with van der Waals surface area (Å²) >= 11 is 7.34. The van der Waals surface area contributed by atoms with Crippen LogP contribution in [0, 0.1) is 11.8 Å². The number of methoxy groups -OCH3 is 1. The van der Waals surface area contributed by atoms with Crippen LogP contribution in [0.2, 0.25) is 4.34 Å². The van der Waals surface area contributed by atoms with E-state index in [1.54, 1.807) is 18.5 Å². The van der Waals surface area contributed by atoms with Gasteiger partial charge in [0.25, 0.3) is 0 Å². The van der Waals surface area contributed by atoms with Crippen molar-refractivity contribution in [2.24, 2.45) is 0 Å². The number of aromatic amines is 1. The van der Waals surface area contributed by atoms with Gasteiger partial charge in [-0.15, -0.1) is 11.3 Å². The normalized spacial score (nSPS) is 10.6. The quantitative estimate of drug-likeness (QED) is 0.420. The van der Waals surface area contributed by atoms with Crippen molar-refractivity contribution in [1.82, 2.24) is 19.9 Å². The summed E-state index contributed by atoms with van der Waals surface area (Å²) in [5, 5.41) is 13.0. The first-order chi connectivity index (χ1) is 14.1. The molecule has 146 valence electrons. The Bertz CT molecular complexity index is 1220. The molecule has 0 aliphatic rings. The number of ether oxygens (including phenoxy) is 1. The number of anilines is 1. The summed E-state index contributed by atoms with van der Waals surface area (Å²) in [7, 11) is 1.53. The first-order valence-corrected chi connectivity index (χ1v) is 9.90. The van der Waals surface area contributed by atoms with Gasteiger partial charge in [-0.05, 0) is 48.1 Å². The van der Waals surface area contributed by atoms with Gasteiger partial charge in [0.05, 0.1) is 22.7 Å². The number of halogens is 1. The SMILES string of the molecule is COc1cc(CCNc2nc(C#Cc3ccc(Cl)s3)nc3nc[nH]c23)ccc1O. The van der Waals surface area contributed by atoms with Gasteiger partial charge in [-0.25, -0.2) is 9.97 Å². The van der Waals surface area contributed by atoms with Crippen molar-refractivity contribution < 1.29 is 9.84 Å². The van der Waals surface area contributed by atoms with E-state index < -0.39 is 0 Å². The Kier molecular flexibility index (Phi) is 5.51. The summed E-state index contributed by atoms with van der Waals surface area (Å²) in [4.78, 5) is 17.0. The molecule has 29 heavy (non-hydrogen) atoms. The molecule has 0 spiro atoms. The number of thiophene rings is 1. The van der Waals surface area contributed by atoms with Crippen LogP contribution < -0.4 is 10.1 Å². The first-order valence-electron chi connectivity index (χ1n) is 8.70. The minimum atomic E-state index is 0.120. The number of phenolic OH excluding ortho intramolecular Hbond substituents is 1. The third-order valence-electron chi connectivity index (χ3n) is 4.11. The molecule has 3 N–H and O–H groups in total. The van der Waals surface area contributed by atoms with Gasteiger partial charge in [-0.2, -0.15) is 4.98 Å². The van der Waals surface area contributed by atoms with E-state index in [4.69, 9.17) is 16.3 Å². The number of benzene rings is 1. The summed E-state index contributed by atoms with van der Waals surface area (Å²) in [6.45, 7) is 0.618. The maximum atomic E-state index is 9.71. The van der Waals surface area contributed by atoms with Crippen molar-refractivity contribution in [2.45, 2.75) is 6.42 Å². The molecule has 4 aromatic rings. The maximum absolute atomic E-state index is 9.71. The van der Waals surface area contributed by atoms with Gasteiger partial charge < -0.3 is 20.1 Å². The molecule has 4 rings (SSSR count). The molecular formula is C20H16ClN5O2S. The molecule has 0 unspecified atom stereocenters. The Morgan fingerprint density at radius 1 is 1.24 bits per heavy atom. The van der Waals surface area contributed by atoms with E-state index in [2.05, 4.69) is 37.1 Å². The van der Waals surface area contributed by atoms with Gasteiger partial charge in [-0.1, -0.05) is 17.7 Å². The third-order valence-corrected chi connectivity index (χ3v) is 5.25. The molecule has 0 amide bonds. The van der Waals surface area contributed by atoms with Crippen LogP contribution in [0.1, 0.15) is 16.3 Å². The molecule has 0 saturated heterocycles. The minimum Gasteiger partial charge on any atom is -0.504 e. The minimum absolute atomic E-state index is 0.120. The Morgan fingerprint density at radius 2 is 2.14 bits per heavy atom. The van der Waals surface area contributed by atoms with Gasteiger partial charge in [0.15, 0.2) is 23.0 Å². The number of nitrogens with one attached hydrogen (secondary N) is 2. The lowest BCUT2D eigenvalue weighted by molar-refractivity contribution is 0.373. The zero-order valence-electron chi connectivity index (χ0n) is 15.4. The Hall–Kier alpha value is -3.28. The molecule has 0 fully saturated rings. The van der Waals surface area contributed by atoms with Crippen LogP contribution >= 0.6 is 22.9 Å². The second-order valence-electron chi connectivity index (χ2n) is 6.03. The summed E-state index contributed by atoms with van der Waals surface area (Å²) in [6, 6.07) is 8.95. The van der Waals surface area contributed by atoms with E-state index in [-0.39, 0.29) is 5.75 Å². The highest BCUT2D eigenvalue weighted by Crippen LogP contribution is 2.26. The van der Waals surface area contributed by atoms with Crippen molar-refractivity contribution in [3.8, 4) is 23.3 Å². The summed E-state index contributed by atoms with van der Waals surface area (Å²) in [6.07, 6.45) is 2.29. The molecular weight excluding hydrogens is 410 g/mol. The van der Waals surface area contributed by atoms with Gasteiger partial charge in [0.1, 0.15) is 5.52 Å². The molecule has 0 radical (unpaired) electrons. The van der Waals surface area contributed by atoms with Crippen molar-refractivity contribution in [1.29, 1.82) is 0 Å². The second kappa shape index (κ2) is 8.39. The third kappa shape index (κ3) is 4.42. The van der Waals surface area contributed by atoms with Crippen molar-refractivity contribution >= 4 is 39.9 Å². The van der Waals surface area contributed by atoms with Crippen molar-refractivity contribution in [3.63, 3.8) is 0 Å². The number of hydrogen-bond donors (Lipinski definition) is 3. The largest absolute Gasteiger partial charge is 0.504 e. The van der Waals surface area contributed by atoms with Crippen molar-refractivity contribution in [2.75, 3.05) is 19.0 Å². The molecule has 0 aliphatic carbocycles. The zero-order chi connectivity index (χ0) is 20.2. The highest BCUT2D eigenvalue weighted by atomic mass is 35.5. The number of aromatic nitrogens is 4. The van der Waals surface area contributed by atoms with E-state index >= 15 is 0 Å². The van der Waals surface area contributed by atoms with Crippen LogP contribution in [0.4, 0.5) is 5.82 Å². The fourth-order valence-corrected chi connectivity index (χ4v) is 3.62. The number of nitrogens with zero attached hydrogens (tertiary/aromatic N) is 3. The van der Waals surface area contributed by atoms with Gasteiger partial charge >= 0.3 is 0 Å². The van der Waals surface area contributed by atoms with E-state index in [0.29, 0.717) is 40.3 Å². The molecule has 3 heterocycles. The highest BCUT2D eigenvalue weighted by molar-refractivity contribution is 7.16. The lowest BCUT2D eigenvalue weighted by Gasteiger charge is -2.09. The Balaban J connectivity index is 1.52. The number of phenols is 1. The van der Waals surface area contributed by atoms with E-state index in [1.165, 1.54) is 18.4 Å². The summed E-state index contributed by atoms with van der Waals surface area (Å²) in [5.74, 6) is 7.57. The number of hydrogen-bond acceptors (Lipinski definition) is 7. The van der Waals surface area contributed by atoms with Crippen LogP contribution in [-0.2, 0) is 6.42 Å². The van der Waals surface area contributed by atoms with Gasteiger partial charge in [0, 0.05) is 6.54 Å². The summed E-state index contributed by atoms with van der Waals surface area (Å²) < 4.78 is 5.84. The number of aromatic hydroxyl groups is 1. The van der Waals surface area contributed by atoms with Crippen LogP contribution in [0.3, 0.4) is 0 Å². The van der Waals surface area contributed by atoms with Gasteiger partial charge in [-0.3, -0.25) is 0 Å². The molecule has 3 aromatic heterocycles. The number of rotatable bonds is 5. The Labute approximate surface area is 175 Å². The summed E-state index contributed by atoms with van der Waals surface area (Å²) in [5.41, 5.74) is 2.29. The molecule has 0 saturated carbocycles.